The maximum absolute atomic E-state index is 12.9. The van der Waals surface area contributed by atoms with Crippen LogP contribution in [0.4, 0.5) is 0 Å². The van der Waals surface area contributed by atoms with E-state index in [1.165, 1.54) is 0 Å². The molecule has 0 N–H and O–H groups in total. The van der Waals surface area contributed by atoms with Crippen molar-refractivity contribution in [2.75, 3.05) is 26.2 Å². The Morgan fingerprint density at radius 2 is 1.96 bits per heavy atom. The molecular weight excluding hydrogens is 308 g/mol. The molecule has 4 atom stereocenters. The number of ether oxygens (including phenoxy) is 1. The van der Waals surface area contributed by atoms with Gasteiger partial charge in [-0.25, -0.2) is 0 Å². The molecule has 2 aliphatic rings. The average molecular weight is 336 g/mol. The molecule has 3 rings (SSSR count). The molecular formula is C17H28N4O3. The van der Waals surface area contributed by atoms with Gasteiger partial charge >= 0.3 is 0 Å². The van der Waals surface area contributed by atoms with Crippen LogP contribution in [-0.2, 0) is 9.53 Å². The first-order chi connectivity index (χ1) is 11.4. The minimum absolute atomic E-state index is 0.0976. The number of nitrogens with zero attached hydrogens (tertiary/aromatic N) is 4. The molecule has 0 aliphatic carbocycles. The summed E-state index contributed by atoms with van der Waals surface area (Å²) < 4.78 is 11.1. The number of morpholine rings is 1. The van der Waals surface area contributed by atoms with Gasteiger partial charge < -0.3 is 14.2 Å². The first-order valence-electron chi connectivity index (χ1n) is 8.92. The minimum atomic E-state index is -0.130. The van der Waals surface area contributed by atoms with E-state index in [0.29, 0.717) is 24.8 Å². The lowest BCUT2D eigenvalue weighted by Gasteiger charge is -2.40. The van der Waals surface area contributed by atoms with Gasteiger partial charge in [0.2, 0.25) is 11.8 Å². The Hall–Kier alpha value is -1.47. The Bertz CT molecular complexity index is 566. The zero-order valence-electron chi connectivity index (χ0n) is 15.1. The molecule has 0 aromatic carbocycles. The van der Waals surface area contributed by atoms with Crippen molar-refractivity contribution in [3.05, 3.63) is 11.7 Å². The third-order valence-electron chi connectivity index (χ3n) is 4.98. The second kappa shape index (κ2) is 7.19. The largest absolute Gasteiger partial charge is 0.372 e. The van der Waals surface area contributed by atoms with Crippen molar-refractivity contribution in [1.29, 1.82) is 0 Å². The summed E-state index contributed by atoms with van der Waals surface area (Å²) in [6.45, 7) is 11.0. The maximum atomic E-state index is 12.9. The molecule has 2 fully saturated rings. The molecule has 0 bridgehead atoms. The van der Waals surface area contributed by atoms with Crippen LogP contribution in [0, 0.1) is 6.92 Å². The van der Waals surface area contributed by atoms with Crippen molar-refractivity contribution >= 4 is 5.91 Å². The normalized spacial score (nSPS) is 30.3. The fourth-order valence-electron chi connectivity index (χ4n) is 3.82. The molecule has 1 amide bonds. The average Bonchev–Trinajstić information content (AvgIpc) is 2.99. The molecule has 134 valence electrons. The molecule has 2 aliphatic heterocycles. The van der Waals surface area contributed by atoms with Crippen LogP contribution in [0.2, 0.25) is 0 Å². The van der Waals surface area contributed by atoms with E-state index in [0.717, 1.165) is 25.9 Å². The molecule has 2 saturated heterocycles. The van der Waals surface area contributed by atoms with Gasteiger partial charge in [-0.3, -0.25) is 9.69 Å². The van der Waals surface area contributed by atoms with Crippen LogP contribution in [0.1, 0.15) is 51.2 Å². The molecule has 24 heavy (non-hydrogen) atoms. The standard InChI is InChI=1S/C17H28N4O3/c1-11-8-21(9-12(2)23-11)17(22)13(3)20-7-5-6-15(10-20)16-18-14(4)19-24-16/h11-13,15H,5-10H2,1-4H3/t11-,12-,13-,15-/m1/s1. The van der Waals surface area contributed by atoms with Crippen molar-refractivity contribution in [2.24, 2.45) is 0 Å². The number of hydrogen-bond acceptors (Lipinski definition) is 6. The number of aromatic nitrogens is 2. The van der Waals surface area contributed by atoms with Crippen molar-refractivity contribution in [2.45, 2.75) is 64.7 Å². The van der Waals surface area contributed by atoms with E-state index in [1.54, 1.807) is 0 Å². The number of aryl methyl sites for hydroxylation is 1. The Morgan fingerprint density at radius 1 is 1.25 bits per heavy atom. The smallest absolute Gasteiger partial charge is 0.239 e. The Balaban J connectivity index is 1.63. The van der Waals surface area contributed by atoms with Gasteiger partial charge in [-0.1, -0.05) is 5.16 Å². The molecule has 1 aromatic rings. The van der Waals surface area contributed by atoms with Crippen LogP contribution in [0.15, 0.2) is 4.52 Å². The molecule has 0 saturated carbocycles. The highest BCUT2D eigenvalue weighted by Crippen LogP contribution is 2.27. The van der Waals surface area contributed by atoms with Crippen molar-refractivity contribution in [3.8, 4) is 0 Å². The summed E-state index contributed by atoms with van der Waals surface area (Å²) in [7, 11) is 0. The molecule has 0 unspecified atom stereocenters. The predicted octanol–water partition coefficient (Wildman–Crippen LogP) is 1.58. The van der Waals surface area contributed by atoms with E-state index in [1.807, 2.05) is 32.6 Å². The second-order valence-corrected chi connectivity index (χ2v) is 7.19. The summed E-state index contributed by atoms with van der Waals surface area (Å²) in [6, 6.07) is -0.130. The number of piperidine rings is 1. The number of amides is 1. The summed E-state index contributed by atoms with van der Waals surface area (Å²) >= 11 is 0. The van der Waals surface area contributed by atoms with Gasteiger partial charge in [0, 0.05) is 19.6 Å². The highest BCUT2D eigenvalue weighted by molar-refractivity contribution is 5.81. The first kappa shape index (κ1) is 17.4. The van der Waals surface area contributed by atoms with Gasteiger partial charge in [-0.2, -0.15) is 4.98 Å². The molecule has 7 heteroatoms. The van der Waals surface area contributed by atoms with E-state index in [4.69, 9.17) is 9.26 Å². The summed E-state index contributed by atoms with van der Waals surface area (Å²) in [5, 5.41) is 3.89. The van der Waals surface area contributed by atoms with Crippen LogP contribution in [-0.4, -0.2) is 70.3 Å². The highest BCUT2D eigenvalue weighted by atomic mass is 16.5. The van der Waals surface area contributed by atoms with Crippen LogP contribution in [0.3, 0.4) is 0 Å². The fourth-order valence-corrected chi connectivity index (χ4v) is 3.82. The lowest BCUT2D eigenvalue weighted by atomic mass is 9.96. The fraction of sp³-hybridized carbons (Fsp3) is 0.824. The van der Waals surface area contributed by atoms with Crippen molar-refractivity contribution < 1.29 is 14.1 Å². The summed E-state index contributed by atoms with van der Waals surface area (Å²) in [6.07, 6.45) is 2.27. The van der Waals surface area contributed by atoms with Gasteiger partial charge in [0.1, 0.15) is 0 Å². The minimum Gasteiger partial charge on any atom is -0.372 e. The quantitative estimate of drug-likeness (QED) is 0.834. The summed E-state index contributed by atoms with van der Waals surface area (Å²) in [5.41, 5.74) is 0. The molecule has 7 nitrogen and oxygen atoms in total. The molecule has 0 radical (unpaired) electrons. The Kier molecular flexibility index (Phi) is 5.20. The SMILES string of the molecule is Cc1noc([C@@H]2CCCN([C@H](C)C(=O)N3C[C@@H](C)O[C@H](C)C3)C2)n1. The van der Waals surface area contributed by atoms with Crippen LogP contribution in [0.25, 0.3) is 0 Å². The lowest BCUT2D eigenvalue weighted by Crippen LogP contribution is -2.55. The number of carbonyl (C=O) groups excluding carboxylic acids is 1. The zero-order valence-corrected chi connectivity index (χ0v) is 15.1. The first-order valence-corrected chi connectivity index (χ1v) is 8.92. The number of rotatable bonds is 3. The molecule has 1 aromatic heterocycles. The van der Waals surface area contributed by atoms with E-state index in [2.05, 4.69) is 15.0 Å². The zero-order chi connectivity index (χ0) is 17.3. The van der Waals surface area contributed by atoms with E-state index in [-0.39, 0.29) is 30.1 Å². The topological polar surface area (TPSA) is 71.7 Å². The van der Waals surface area contributed by atoms with Crippen molar-refractivity contribution in [1.82, 2.24) is 19.9 Å². The van der Waals surface area contributed by atoms with Gasteiger partial charge in [0.25, 0.3) is 0 Å². The number of carbonyl (C=O) groups is 1. The molecule has 3 heterocycles. The predicted molar refractivity (Wildman–Crippen MR) is 88.6 cm³/mol. The van der Waals surface area contributed by atoms with Crippen LogP contribution in [0.5, 0.6) is 0 Å². The maximum Gasteiger partial charge on any atom is 0.239 e. The second-order valence-electron chi connectivity index (χ2n) is 7.19. The number of likely N-dealkylation sites (tertiary alicyclic amines) is 1. The summed E-state index contributed by atoms with van der Waals surface area (Å²) in [5.74, 6) is 1.78. The van der Waals surface area contributed by atoms with Gasteiger partial charge in [0.05, 0.1) is 24.2 Å². The Labute approximate surface area is 143 Å². The van der Waals surface area contributed by atoms with Gasteiger partial charge in [-0.05, 0) is 47.1 Å². The van der Waals surface area contributed by atoms with Crippen LogP contribution >= 0.6 is 0 Å². The number of hydrogen-bond donors (Lipinski definition) is 0. The van der Waals surface area contributed by atoms with Gasteiger partial charge in [0.15, 0.2) is 5.82 Å². The monoisotopic (exact) mass is 336 g/mol. The van der Waals surface area contributed by atoms with Crippen molar-refractivity contribution in [3.63, 3.8) is 0 Å². The van der Waals surface area contributed by atoms with E-state index in [9.17, 15) is 4.79 Å². The third-order valence-corrected chi connectivity index (χ3v) is 4.98. The van der Waals surface area contributed by atoms with Gasteiger partial charge in [-0.15, -0.1) is 0 Å². The van der Waals surface area contributed by atoms with Crippen LogP contribution < -0.4 is 0 Å². The van der Waals surface area contributed by atoms with E-state index < -0.39 is 0 Å². The molecule has 0 spiro atoms. The highest BCUT2D eigenvalue weighted by Gasteiger charge is 2.34. The summed E-state index contributed by atoms with van der Waals surface area (Å²) in [4.78, 5) is 21.5. The third kappa shape index (κ3) is 3.78. The Morgan fingerprint density at radius 3 is 2.58 bits per heavy atom. The lowest BCUT2D eigenvalue weighted by molar-refractivity contribution is -0.148. The van der Waals surface area contributed by atoms with E-state index >= 15 is 0 Å².